The second-order valence-corrected chi connectivity index (χ2v) is 5.92. The molecule has 2 aromatic rings. The number of pyridine rings is 1. The Balaban J connectivity index is 1.95. The van der Waals surface area contributed by atoms with Gasteiger partial charge in [0.25, 0.3) is 0 Å². The smallest absolute Gasteiger partial charge is 0.0958 e. The maximum Gasteiger partial charge on any atom is 0.0958 e. The fourth-order valence-electron chi connectivity index (χ4n) is 3.18. The zero-order chi connectivity index (χ0) is 14.1. The molecule has 0 amide bonds. The zero-order valence-electron chi connectivity index (χ0n) is 12.2. The standard InChI is InChI=1S/C17H22N2O/c1-11-7-12(2)16-13(8-11)9-14(10-19-16)17(20)15-5-3-4-6-18-15/h7-10,15,17-18,20H,3-6H2,1-2H3/t15-,17+/m1/s1. The Hall–Kier alpha value is -1.45. The predicted octanol–water partition coefficient (Wildman–Crippen LogP) is 3.03. The summed E-state index contributed by atoms with van der Waals surface area (Å²) in [6.07, 6.45) is 4.79. The number of aryl methyl sites for hydroxylation is 2. The fourth-order valence-corrected chi connectivity index (χ4v) is 3.18. The van der Waals surface area contributed by atoms with Crippen LogP contribution < -0.4 is 5.32 Å². The minimum atomic E-state index is -0.465. The second kappa shape index (κ2) is 5.51. The molecule has 1 aliphatic rings. The quantitative estimate of drug-likeness (QED) is 0.881. The average molecular weight is 270 g/mol. The number of nitrogens with one attached hydrogen (secondary N) is 1. The van der Waals surface area contributed by atoms with Crippen LogP contribution in [0.2, 0.25) is 0 Å². The van der Waals surface area contributed by atoms with Crippen molar-refractivity contribution in [2.24, 2.45) is 0 Å². The highest BCUT2D eigenvalue weighted by atomic mass is 16.3. The lowest BCUT2D eigenvalue weighted by atomic mass is 9.94. The van der Waals surface area contributed by atoms with Crippen LogP contribution in [0.25, 0.3) is 10.9 Å². The molecule has 2 N–H and O–H groups in total. The normalized spacial score (nSPS) is 21.1. The van der Waals surface area contributed by atoms with Gasteiger partial charge >= 0.3 is 0 Å². The van der Waals surface area contributed by atoms with E-state index in [1.807, 2.05) is 6.20 Å². The number of benzene rings is 1. The van der Waals surface area contributed by atoms with Gasteiger partial charge in [-0.1, -0.05) is 18.1 Å². The molecule has 0 aliphatic carbocycles. The van der Waals surface area contributed by atoms with Crippen LogP contribution in [0.3, 0.4) is 0 Å². The fraction of sp³-hybridized carbons (Fsp3) is 0.471. The van der Waals surface area contributed by atoms with Crippen molar-refractivity contribution in [1.82, 2.24) is 10.3 Å². The Morgan fingerprint density at radius 1 is 1.25 bits per heavy atom. The lowest BCUT2D eigenvalue weighted by molar-refractivity contribution is 0.113. The van der Waals surface area contributed by atoms with E-state index >= 15 is 0 Å². The number of piperidine rings is 1. The molecule has 0 radical (unpaired) electrons. The molecule has 3 nitrogen and oxygen atoms in total. The molecular weight excluding hydrogens is 248 g/mol. The van der Waals surface area contributed by atoms with Crippen LogP contribution >= 0.6 is 0 Å². The van der Waals surface area contributed by atoms with E-state index in [9.17, 15) is 5.11 Å². The summed E-state index contributed by atoms with van der Waals surface area (Å²) >= 11 is 0. The first-order chi connectivity index (χ1) is 9.65. The van der Waals surface area contributed by atoms with E-state index in [1.54, 1.807) is 0 Å². The van der Waals surface area contributed by atoms with E-state index in [0.717, 1.165) is 29.4 Å². The van der Waals surface area contributed by atoms with Crippen molar-refractivity contribution in [2.45, 2.75) is 45.3 Å². The molecule has 0 spiro atoms. The Bertz CT molecular complexity index is 618. The van der Waals surface area contributed by atoms with Gasteiger partial charge in [-0.15, -0.1) is 0 Å². The predicted molar refractivity (Wildman–Crippen MR) is 81.8 cm³/mol. The van der Waals surface area contributed by atoms with Gasteiger partial charge in [-0.25, -0.2) is 0 Å². The van der Waals surface area contributed by atoms with Crippen LogP contribution in [0.1, 0.15) is 42.1 Å². The third-order valence-corrected chi connectivity index (χ3v) is 4.21. The summed E-state index contributed by atoms with van der Waals surface area (Å²) in [5.74, 6) is 0. The molecule has 0 bridgehead atoms. The molecule has 0 unspecified atom stereocenters. The first kappa shape index (κ1) is 13.5. The van der Waals surface area contributed by atoms with Crippen molar-refractivity contribution in [3.63, 3.8) is 0 Å². The van der Waals surface area contributed by atoms with Crippen molar-refractivity contribution >= 4 is 10.9 Å². The van der Waals surface area contributed by atoms with E-state index in [-0.39, 0.29) is 6.04 Å². The van der Waals surface area contributed by atoms with E-state index in [1.165, 1.54) is 24.0 Å². The number of aliphatic hydroxyl groups excluding tert-OH is 1. The molecule has 2 heterocycles. The maximum atomic E-state index is 10.5. The molecule has 1 aliphatic heterocycles. The lowest BCUT2D eigenvalue weighted by Gasteiger charge is -2.28. The molecule has 1 aromatic carbocycles. The van der Waals surface area contributed by atoms with Crippen LogP contribution in [0.4, 0.5) is 0 Å². The van der Waals surface area contributed by atoms with E-state index in [4.69, 9.17) is 0 Å². The topological polar surface area (TPSA) is 45.2 Å². The van der Waals surface area contributed by atoms with Gasteiger partial charge in [0.15, 0.2) is 0 Å². The highest BCUT2D eigenvalue weighted by Crippen LogP contribution is 2.26. The van der Waals surface area contributed by atoms with Gasteiger partial charge in [0.1, 0.15) is 0 Å². The minimum absolute atomic E-state index is 0.161. The molecule has 1 fully saturated rings. The maximum absolute atomic E-state index is 10.5. The summed E-state index contributed by atoms with van der Waals surface area (Å²) in [5, 5.41) is 15.1. The van der Waals surface area contributed by atoms with Gasteiger partial charge in [0, 0.05) is 23.2 Å². The third kappa shape index (κ3) is 2.56. The minimum Gasteiger partial charge on any atom is -0.387 e. The molecule has 1 saturated heterocycles. The van der Waals surface area contributed by atoms with Crippen LogP contribution in [-0.4, -0.2) is 22.7 Å². The number of nitrogens with zero attached hydrogens (tertiary/aromatic N) is 1. The molecule has 106 valence electrons. The Morgan fingerprint density at radius 2 is 2.10 bits per heavy atom. The van der Waals surface area contributed by atoms with Crippen molar-refractivity contribution < 1.29 is 5.11 Å². The second-order valence-electron chi connectivity index (χ2n) is 5.92. The van der Waals surface area contributed by atoms with Gasteiger partial charge in [0.2, 0.25) is 0 Å². The first-order valence-electron chi connectivity index (χ1n) is 7.43. The van der Waals surface area contributed by atoms with Gasteiger partial charge in [-0.3, -0.25) is 4.98 Å². The van der Waals surface area contributed by atoms with Crippen molar-refractivity contribution in [3.05, 3.63) is 41.1 Å². The monoisotopic (exact) mass is 270 g/mol. The summed E-state index contributed by atoms with van der Waals surface area (Å²) in [6, 6.07) is 6.53. The average Bonchev–Trinajstić information content (AvgIpc) is 2.46. The number of hydrogen-bond acceptors (Lipinski definition) is 3. The van der Waals surface area contributed by atoms with E-state index in [0.29, 0.717) is 0 Å². The van der Waals surface area contributed by atoms with Crippen molar-refractivity contribution in [1.29, 1.82) is 0 Å². The summed E-state index contributed by atoms with van der Waals surface area (Å²) in [5.41, 5.74) is 4.38. The Morgan fingerprint density at radius 3 is 2.85 bits per heavy atom. The van der Waals surface area contributed by atoms with Crippen molar-refractivity contribution in [2.75, 3.05) is 6.54 Å². The number of aliphatic hydroxyl groups is 1. The molecule has 20 heavy (non-hydrogen) atoms. The highest BCUT2D eigenvalue weighted by Gasteiger charge is 2.23. The number of rotatable bonds is 2. The summed E-state index contributed by atoms with van der Waals surface area (Å²) < 4.78 is 0. The Kier molecular flexibility index (Phi) is 3.72. The van der Waals surface area contributed by atoms with Crippen LogP contribution in [0, 0.1) is 13.8 Å². The molecule has 1 aromatic heterocycles. The number of fused-ring (bicyclic) bond motifs is 1. The molecular formula is C17H22N2O. The van der Waals surface area contributed by atoms with Gasteiger partial charge in [0.05, 0.1) is 11.6 Å². The van der Waals surface area contributed by atoms with E-state index in [2.05, 4.69) is 42.3 Å². The largest absolute Gasteiger partial charge is 0.387 e. The SMILES string of the molecule is Cc1cc(C)c2ncc([C@H](O)[C@H]3CCCCN3)cc2c1. The summed E-state index contributed by atoms with van der Waals surface area (Å²) in [7, 11) is 0. The van der Waals surface area contributed by atoms with E-state index < -0.39 is 6.10 Å². The third-order valence-electron chi connectivity index (χ3n) is 4.21. The Labute approximate surface area is 120 Å². The van der Waals surface area contributed by atoms with Gasteiger partial charge < -0.3 is 10.4 Å². The molecule has 3 rings (SSSR count). The highest BCUT2D eigenvalue weighted by molar-refractivity contribution is 5.82. The molecule has 0 saturated carbocycles. The number of hydrogen-bond donors (Lipinski definition) is 2. The summed E-state index contributed by atoms with van der Waals surface area (Å²) in [6.45, 7) is 5.18. The van der Waals surface area contributed by atoms with Gasteiger partial charge in [-0.05, 0) is 50.9 Å². The zero-order valence-corrected chi connectivity index (χ0v) is 12.2. The van der Waals surface area contributed by atoms with Crippen LogP contribution in [-0.2, 0) is 0 Å². The van der Waals surface area contributed by atoms with Gasteiger partial charge in [-0.2, -0.15) is 0 Å². The first-order valence-corrected chi connectivity index (χ1v) is 7.43. The lowest BCUT2D eigenvalue weighted by Crippen LogP contribution is -2.38. The van der Waals surface area contributed by atoms with Crippen molar-refractivity contribution in [3.8, 4) is 0 Å². The van der Waals surface area contributed by atoms with Crippen LogP contribution in [0.15, 0.2) is 24.4 Å². The number of aromatic nitrogens is 1. The van der Waals surface area contributed by atoms with Crippen LogP contribution in [0.5, 0.6) is 0 Å². The molecule has 2 atom stereocenters. The molecule has 3 heteroatoms. The summed E-state index contributed by atoms with van der Waals surface area (Å²) in [4.78, 5) is 4.55.